The Morgan fingerprint density at radius 1 is 0.333 bits per heavy atom. The Bertz CT molecular complexity index is 4430. The van der Waals surface area contributed by atoms with Gasteiger partial charge in [0.15, 0.2) is 0 Å². The lowest BCUT2D eigenvalue weighted by Gasteiger charge is -2.30. The molecule has 0 aliphatic carbocycles. The smallest absolute Gasteiger partial charge is 0.140 e. The fourth-order valence-electron chi connectivity index (χ4n) is 13.0. The molecule has 0 amide bonds. The highest BCUT2D eigenvalue weighted by molar-refractivity contribution is 6.23. The number of rotatable bonds is 10. The van der Waals surface area contributed by atoms with Crippen LogP contribution in [0.25, 0.3) is 87.7 Å². The van der Waals surface area contributed by atoms with E-state index in [4.69, 9.17) is 8.83 Å². The van der Waals surface area contributed by atoms with E-state index in [0.29, 0.717) is 11.8 Å². The second-order valence-corrected chi connectivity index (χ2v) is 26.4. The monoisotopic (exact) mass is 1100 g/mol. The number of aryl methyl sites for hydroxylation is 4. The number of fused-ring (bicyclic) bond motifs is 8. The summed E-state index contributed by atoms with van der Waals surface area (Å²) < 4.78 is 14.9. The normalized spacial score (nSPS) is 12.4. The second-order valence-electron chi connectivity index (χ2n) is 26.4. The second kappa shape index (κ2) is 20.5. The van der Waals surface area contributed by atoms with Crippen molar-refractivity contribution in [1.29, 1.82) is 0 Å². The van der Waals surface area contributed by atoms with Crippen molar-refractivity contribution in [1.82, 2.24) is 0 Å². The Labute approximate surface area is 496 Å². The van der Waals surface area contributed by atoms with Crippen molar-refractivity contribution in [2.75, 3.05) is 9.80 Å². The first kappa shape index (κ1) is 54.4. The summed E-state index contributed by atoms with van der Waals surface area (Å²) in [5.41, 5.74) is 24.4. The molecule has 0 aliphatic rings. The van der Waals surface area contributed by atoms with Gasteiger partial charge in [-0.2, -0.15) is 0 Å². The Morgan fingerprint density at radius 2 is 0.690 bits per heavy atom. The van der Waals surface area contributed by atoms with Crippen LogP contribution in [0.15, 0.2) is 203 Å². The fourth-order valence-corrected chi connectivity index (χ4v) is 13.0. The van der Waals surface area contributed by atoms with E-state index in [2.05, 4.69) is 301 Å². The molecule has 0 fully saturated rings. The highest BCUT2D eigenvalue weighted by atomic mass is 16.3. The summed E-state index contributed by atoms with van der Waals surface area (Å²) >= 11 is 0. The third-order valence-corrected chi connectivity index (χ3v) is 17.6. The van der Waals surface area contributed by atoms with Gasteiger partial charge < -0.3 is 18.6 Å². The van der Waals surface area contributed by atoms with E-state index in [1.807, 2.05) is 0 Å². The summed E-state index contributed by atoms with van der Waals surface area (Å²) in [7, 11) is 0. The zero-order chi connectivity index (χ0) is 58.7. The number of benzene rings is 11. The van der Waals surface area contributed by atoms with Crippen LogP contribution < -0.4 is 9.80 Å². The van der Waals surface area contributed by atoms with Crippen LogP contribution in [0.5, 0.6) is 0 Å². The zero-order valence-electron chi connectivity index (χ0n) is 51.3. The van der Waals surface area contributed by atoms with E-state index < -0.39 is 0 Å². The summed E-state index contributed by atoms with van der Waals surface area (Å²) in [5, 5.41) is 9.01. The van der Waals surface area contributed by atoms with Gasteiger partial charge in [-0.3, -0.25) is 0 Å². The van der Waals surface area contributed by atoms with Gasteiger partial charge in [-0.1, -0.05) is 191 Å². The number of hydrogen-bond donors (Lipinski definition) is 0. The van der Waals surface area contributed by atoms with E-state index in [-0.39, 0.29) is 10.8 Å². The molecule has 0 unspecified atom stereocenters. The van der Waals surface area contributed by atoms with Crippen LogP contribution >= 0.6 is 0 Å². The number of nitrogens with zero attached hydrogens (tertiary/aromatic N) is 2. The molecule has 0 atom stereocenters. The molecule has 84 heavy (non-hydrogen) atoms. The third kappa shape index (κ3) is 9.41. The largest absolute Gasteiger partial charge is 0.456 e. The summed E-state index contributed by atoms with van der Waals surface area (Å²) in [5.74, 6) is 0.757. The lowest BCUT2D eigenvalue weighted by atomic mass is 9.77. The molecular formula is C80H76N2O2. The van der Waals surface area contributed by atoms with E-state index in [1.54, 1.807) is 0 Å². The van der Waals surface area contributed by atoms with E-state index in [9.17, 15) is 0 Å². The minimum atomic E-state index is -0.312. The lowest BCUT2D eigenvalue weighted by Crippen LogP contribution is -2.16. The minimum absolute atomic E-state index is 0.312. The maximum absolute atomic E-state index is 7.43. The Morgan fingerprint density at radius 3 is 1.05 bits per heavy atom. The van der Waals surface area contributed by atoms with Crippen LogP contribution in [0.4, 0.5) is 34.1 Å². The van der Waals surface area contributed by atoms with Crippen LogP contribution in [0.2, 0.25) is 0 Å². The fraction of sp³-hybridized carbons (Fsp3) is 0.225. The summed E-state index contributed by atoms with van der Waals surface area (Å²) in [6, 6.07) is 72.3. The molecular weight excluding hydrogens is 1020 g/mol. The standard InChI is InChI=1S/C80H76N2O2/c1-47(2)55-29-25-49(5)67(41-55)81(69-43-59(31-27-51(69)7)53-21-17-15-18-22-53)63-35-33-57-39-65-71(45-61(57)37-63)83-77-73(65)75(79(9,10)11)78-74(76(77)80(12,13)14)66-40-58-34-36-64(38-62(58)46-72(66)84-78)82(68-42-56(48(3)4)30-26-50(68)6)70-44-60(32-28-52(70)8)54-23-19-16-20-24-54/h15-48H,1-14H3. The maximum atomic E-state index is 7.43. The molecule has 4 heteroatoms. The molecule has 0 saturated heterocycles. The maximum Gasteiger partial charge on any atom is 0.140 e. The topological polar surface area (TPSA) is 32.8 Å². The predicted octanol–water partition coefficient (Wildman–Crippen LogP) is 24.1. The van der Waals surface area contributed by atoms with E-state index in [0.717, 1.165) is 99.3 Å². The number of hydrogen-bond acceptors (Lipinski definition) is 4. The first-order valence-electron chi connectivity index (χ1n) is 30.1. The van der Waals surface area contributed by atoms with Crippen molar-refractivity contribution in [3.63, 3.8) is 0 Å². The van der Waals surface area contributed by atoms with Crippen molar-refractivity contribution in [2.24, 2.45) is 0 Å². The van der Waals surface area contributed by atoms with Crippen LogP contribution in [0, 0.1) is 27.7 Å². The van der Waals surface area contributed by atoms with Crippen molar-refractivity contribution >= 4 is 99.5 Å². The molecule has 13 aromatic rings. The van der Waals surface area contributed by atoms with Gasteiger partial charge in [0.2, 0.25) is 0 Å². The average molecular weight is 1100 g/mol. The first-order chi connectivity index (χ1) is 40.2. The van der Waals surface area contributed by atoms with Gasteiger partial charge in [0.25, 0.3) is 0 Å². The van der Waals surface area contributed by atoms with Crippen molar-refractivity contribution in [2.45, 2.75) is 120 Å². The van der Waals surface area contributed by atoms with Gasteiger partial charge in [-0.05, 0) is 200 Å². The van der Waals surface area contributed by atoms with Crippen LogP contribution in [-0.2, 0) is 10.8 Å². The quantitative estimate of drug-likeness (QED) is 0.137. The number of furan rings is 2. The molecule has 2 aromatic heterocycles. The SMILES string of the molecule is Cc1ccc(-c2ccccc2)cc1N(c1ccc2cc3c(cc2c1)oc1c(C(C)(C)C)c2c(oc4cc5cc(N(c6cc(-c7ccccc7)ccc6C)c6cc(C(C)C)ccc6C)ccc5cc42)c(C(C)(C)C)c13)c1cc(C(C)C)ccc1C. The molecule has 0 bridgehead atoms. The highest BCUT2D eigenvalue weighted by Crippen LogP contribution is 2.52. The zero-order valence-corrected chi connectivity index (χ0v) is 51.3. The van der Waals surface area contributed by atoms with Gasteiger partial charge in [0.05, 0.1) is 0 Å². The molecule has 0 spiro atoms. The molecule has 2 heterocycles. The Hall–Kier alpha value is -8.86. The van der Waals surface area contributed by atoms with Gasteiger partial charge in [0, 0.05) is 66.8 Å². The van der Waals surface area contributed by atoms with Gasteiger partial charge in [-0.25, -0.2) is 0 Å². The molecule has 0 saturated carbocycles. The van der Waals surface area contributed by atoms with Crippen molar-refractivity contribution in [3.05, 3.63) is 239 Å². The molecule has 0 aliphatic heterocycles. The average Bonchev–Trinajstić information content (AvgIpc) is 1.60. The van der Waals surface area contributed by atoms with Gasteiger partial charge >= 0.3 is 0 Å². The first-order valence-corrected chi connectivity index (χ1v) is 30.1. The molecule has 418 valence electrons. The molecule has 0 radical (unpaired) electrons. The van der Waals surface area contributed by atoms with Crippen LogP contribution in [0.3, 0.4) is 0 Å². The molecule has 11 aromatic carbocycles. The third-order valence-electron chi connectivity index (χ3n) is 17.6. The summed E-state index contributed by atoms with van der Waals surface area (Å²) in [4.78, 5) is 4.94. The predicted molar refractivity (Wildman–Crippen MR) is 361 cm³/mol. The Kier molecular flexibility index (Phi) is 13.3. The lowest BCUT2D eigenvalue weighted by molar-refractivity contribution is 0.564. The van der Waals surface area contributed by atoms with Crippen LogP contribution in [0.1, 0.15) is 126 Å². The van der Waals surface area contributed by atoms with E-state index >= 15 is 0 Å². The summed E-state index contributed by atoms with van der Waals surface area (Å²) in [6.45, 7) is 31.9. The van der Waals surface area contributed by atoms with Gasteiger partial charge in [-0.15, -0.1) is 0 Å². The van der Waals surface area contributed by atoms with Crippen LogP contribution in [-0.4, -0.2) is 0 Å². The molecule has 13 rings (SSSR count). The number of anilines is 6. The van der Waals surface area contributed by atoms with E-state index in [1.165, 1.54) is 67.0 Å². The highest BCUT2D eigenvalue weighted by Gasteiger charge is 2.35. The van der Waals surface area contributed by atoms with Crippen molar-refractivity contribution < 1.29 is 8.83 Å². The Balaban J connectivity index is 1.00. The molecule has 0 N–H and O–H groups in total. The molecule has 4 nitrogen and oxygen atoms in total. The minimum Gasteiger partial charge on any atom is -0.456 e. The van der Waals surface area contributed by atoms with Crippen molar-refractivity contribution in [3.8, 4) is 22.3 Å². The van der Waals surface area contributed by atoms with Gasteiger partial charge in [0.1, 0.15) is 22.3 Å². The summed E-state index contributed by atoms with van der Waals surface area (Å²) in [6.07, 6.45) is 0.